The molecule has 0 aliphatic carbocycles. The first kappa shape index (κ1) is 20.0. The molecule has 1 saturated heterocycles. The third-order valence-electron chi connectivity index (χ3n) is 5.43. The number of likely N-dealkylation sites (tertiary alicyclic amines) is 1. The SMILES string of the molecule is Cc1[nH]nc(-c2ccc(OCCN3CCCCC3)cc2O)c1-c1ccc(Br)cc1. The Bertz CT molecular complexity index is 963. The molecular formula is C23H26BrN3O2. The minimum absolute atomic E-state index is 0.172. The fourth-order valence-electron chi connectivity index (χ4n) is 3.87. The first-order valence-corrected chi connectivity index (χ1v) is 10.9. The van der Waals surface area contributed by atoms with Gasteiger partial charge < -0.3 is 9.84 Å². The van der Waals surface area contributed by atoms with E-state index in [4.69, 9.17) is 4.74 Å². The molecule has 1 fully saturated rings. The predicted octanol–water partition coefficient (Wildman–Crippen LogP) is 5.38. The molecule has 6 heteroatoms. The van der Waals surface area contributed by atoms with Gasteiger partial charge in [-0.1, -0.05) is 34.5 Å². The number of piperidine rings is 1. The molecule has 0 radical (unpaired) electrons. The van der Waals surface area contributed by atoms with Gasteiger partial charge in [0.05, 0.1) is 0 Å². The number of hydrogen-bond acceptors (Lipinski definition) is 4. The van der Waals surface area contributed by atoms with Gasteiger partial charge in [0.25, 0.3) is 0 Å². The van der Waals surface area contributed by atoms with Gasteiger partial charge in [-0.15, -0.1) is 0 Å². The molecule has 1 aliphatic heterocycles. The number of aromatic amines is 1. The normalized spacial score (nSPS) is 14.8. The van der Waals surface area contributed by atoms with Gasteiger partial charge >= 0.3 is 0 Å². The Hall–Kier alpha value is -2.31. The van der Waals surface area contributed by atoms with Gasteiger partial charge in [0.15, 0.2) is 0 Å². The number of ether oxygens (including phenoxy) is 1. The minimum atomic E-state index is 0.172. The van der Waals surface area contributed by atoms with Gasteiger partial charge in [-0.05, 0) is 62.7 Å². The van der Waals surface area contributed by atoms with E-state index >= 15 is 0 Å². The average Bonchev–Trinajstić information content (AvgIpc) is 3.11. The summed E-state index contributed by atoms with van der Waals surface area (Å²) in [5.41, 5.74) is 4.43. The predicted molar refractivity (Wildman–Crippen MR) is 119 cm³/mol. The number of hydrogen-bond donors (Lipinski definition) is 2. The number of rotatable bonds is 6. The lowest BCUT2D eigenvalue weighted by atomic mass is 9.99. The van der Waals surface area contributed by atoms with Crippen LogP contribution >= 0.6 is 15.9 Å². The van der Waals surface area contributed by atoms with Gasteiger partial charge in [0, 0.05) is 33.9 Å². The molecule has 0 saturated carbocycles. The van der Waals surface area contributed by atoms with Crippen molar-refractivity contribution in [1.29, 1.82) is 0 Å². The monoisotopic (exact) mass is 455 g/mol. The second kappa shape index (κ2) is 9.01. The number of benzene rings is 2. The van der Waals surface area contributed by atoms with Gasteiger partial charge in [0.2, 0.25) is 0 Å². The van der Waals surface area contributed by atoms with Crippen LogP contribution in [0.15, 0.2) is 46.9 Å². The van der Waals surface area contributed by atoms with Gasteiger partial charge in [-0.25, -0.2) is 0 Å². The van der Waals surface area contributed by atoms with Crippen molar-refractivity contribution in [3.05, 3.63) is 52.6 Å². The molecule has 152 valence electrons. The Morgan fingerprint density at radius 2 is 1.86 bits per heavy atom. The number of aromatic hydroxyl groups is 1. The van der Waals surface area contributed by atoms with E-state index in [9.17, 15) is 5.11 Å². The molecule has 2 heterocycles. The van der Waals surface area contributed by atoms with E-state index in [2.05, 4.69) is 31.0 Å². The molecule has 0 bridgehead atoms. The second-order valence-electron chi connectivity index (χ2n) is 7.51. The third kappa shape index (κ3) is 4.65. The zero-order chi connectivity index (χ0) is 20.2. The van der Waals surface area contributed by atoms with Gasteiger partial charge in [-0.3, -0.25) is 10.00 Å². The molecule has 29 heavy (non-hydrogen) atoms. The summed E-state index contributed by atoms with van der Waals surface area (Å²) in [4.78, 5) is 2.44. The van der Waals surface area contributed by atoms with Crippen LogP contribution in [0.3, 0.4) is 0 Å². The van der Waals surface area contributed by atoms with Crippen molar-refractivity contribution >= 4 is 15.9 Å². The molecule has 1 aliphatic rings. The zero-order valence-electron chi connectivity index (χ0n) is 16.6. The van der Waals surface area contributed by atoms with Crippen molar-refractivity contribution in [2.24, 2.45) is 0 Å². The molecular weight excluding hydrogens is 430 g/mol. The van der Waals surface area contributed by atoms with Gasteiger partial charge in [-0.2, -0.15) is 5.10 Å². The summed E-state index contributed by atoms with van der Waals surface area (Å²) in [6, 6.07) is 13.6. The molecule has 2 N–H and O–H groups in total. The highest BCUT2D eigenvalue weighted by Crippen LogP contribution is 2.38. The highest BCUT2D eigenvalue weighted by atomic mass is 79.9. The standard InChI is InChI=1S/C23H26BrN3O2/c1-16-22(17-5-7-18(24)8-6-17)23(26-25-16)20-10-9-19(15-21(20)28)29-14-13-27-11-3-2-4-12-27/h5-10,15,28H,2-4,11-14H2,1H3,(H,25,26). The van der Waals surface area contributed by atoms with E-state index in [-0.39, 0.29) is 5.75 Å². The first-order valence-electron chi connectivity index (χ1n) is 10.1. The maximum Gasteiger partial charge on any atom is 0.128 e. The highest BCUT2D eigenvalue weighted by molar-refractivity contribution is 9.10. The molecule has 0 spiro atoms. The molecule has 3 aromatic rings. The number of aromatic nitrogens is 2. The summed E-state index contributed by atoms with van der Waals surface area (Å²) >= 11 is 3.48. The molecule has 0 amide bonds. The quantitative estimate of drug-likeness (QED) is 0.523. The van der Waals surface area contributed by atoms with E-state index < -0.39 is 0 Å². The molecule has 4 rings (SSSR count). The fraction of sp³-hybridized carbons (Fsp3) is 0.348. The lowest BCUT2D eigenvalue weighted by molar-refractivity contribution is 0.183. The Morgan fingerprint density at radius 1 is 1.10 bits per heavy atom. The summed E-state index contributed by atoms with van der Waals surface area (Å²) in [6.07, 6.45) is 3.89. The highest BCUT2D eigenvalue weighted by Gasteiger charge is 2.18. The largest absolute Gasteiger partial charge is 0.507 e. The number of nitrogens with one attached hydrogen (secondary N) is 1. The summed E-state index contributed by atoms with van der Waals surface area (Å²) in [7, 11) is 0. The lowest BCUT2D eigenvalue weighted by Crippen LogP contribution is -2.33. The average molecular weight is 456 g/mol. The van der Waals surface area contributed by atoms with E-state index in [0.717, 1.165) is 46.6 Å². The Morgan fingerprint density at radius 3 is 2.59 bits per heavy atom. The van der Waals surface area contributed by atoms with E-state index in [1.807, 2.05) is 43.3 Å². The van der Waals surface area contributed by atoms with E-state index in [0.29, 0.717) is 17.9 Å². The number of phenols is 1. The van der Waals surface area contributed by atoms with Crippen LogP contribution in [0.1, 0.15) is 25.0 Å². The number of halogens is 1. The van der Waals surface area contributed by atoms with Crippen LogP contribution in [-0.4, -0.2) is 46.4 Å². The summed E-state index contributed by atoms with van der Waals surface area (Å²) < 4.78 is 6.90. The van der Waals surface area contributed by atoms with Crippen molar-refractivity contribution in [3.63, 3.8) is 0 Å². The van der Waals surface area contributed by atoms with Crippen molar-refractivity contribution in [3.8, 4) is 33.9 Å². The van der Waals surface area contributed by atoms with Gasteiger partial charge in [0.1, 0.15) is 23.8 Å². The lowest BCUT2D eigenvalue weighted by Gasteiger charge is -2.26. The number of aryl methyl sites for hydroxylation is 1. The van der Waals surface area contributed by atoms with Crippen LogP contribution in [0.2, 0.25) is 0 Å². The summed E-state index contributed by atoms with van der Waals surface area (Å²) in [6.45, 7) is 5.86. The molecule has 1 aromatic heterocycles. The first-order chi connectivity index (χ1) is 14.1. The van der Waals surface area contributed by atoms with E-state index in [1.54, 1.807) is 6.07 Å². The van der Waals surface area contributed by atoms with Crippen molar-refractivity contribution in [2.45, 2.75) is 26.2 Å². The molecule has 2 aromatic carbocycles. The van der Waals surface area contributed by atoms with Crippen molar-refractivity contribution < 1.29 is 9.84 Å². The van der Waals surface area contributed by atoms with Crippen molar-refractivity contribution in [2.75, 3.05) is 26.2 Å². The minimum Gasteiger partial charge on any atom is -0.507 e. The van der Waals surface area contributed by atoms with Crippen LogP contribution in [0.5, 0.6) is 11.5 Å². The Kier molecular flexibility index (Phi) is 6.21. The smallest absolute Gasteiger partial charge is 0.128 e. The van der Waals surface area contributed by atoms with E-state index in [1.165, 1.54) is 19.3 Å². The fourth-order valence-corrected chi connectivity index (χ4v) is 4.14. The number of nitrogens with zero attached hydrogens (tertiary/aromatic N) is 2. The summed E-state index contributed by atoms with van der Waals surface area (Å²) in [5.74, 6) is 0.853. The van der Waals surface area contributed by atoms with Crippen molar-refractivity contribution in [1.82, 2.24) is 15.1 Å². The van der Waals surface area contributed by atoms with Crippen LogP contribution in [-0.2, 0) is 0 Å². The molecule has 5 nitrogen and oxygen atoms in total. The Labute approximate surface area is 179 Å². The molecule has 0 atom stereocenters. The zero-order valence-corrected chi connectivity index (χ0v) is 18.2. The number of H-pyrrole nitrogens is 1. The van der Waals surface area contributed by atoms with Crippen LogP contribution in [0.25, 0.3) is 22.4 Å². The summed E-state index contributed by atoms with van der Waals surface area (Å²) in [5, 5.41) is 18.2. The number of phenolic OH excluding ortho intramolecular Hbond substituents is 1. The van der Waals surface area contributed by atoms with Crippen LogP contribution < -0.4 is 4.74 Å². The maximum absolute atomic E-state index is 10.7. The topological polar surface area (TPSA) is 61.4 Å². The maximum atomic E-state index is 10.7. The second-order valence-corrected chi connectivity index (χ2v) is 8.42. The third-order valence-corrected chi connectivity index (χ3v) is 5.96. The van der Waals surface area contributed by atoms with Crippen LogP contribution in [0.4, 0.5) is 0 Å². The molecule has 0 unspecified atom stereocenters. The van der Waals surface area contributed by atoms with Crippen LogP contribution in [0, 0.1) is 6.92 Å². The Balaban J connectivity index is 1.50.